The van der Waals surface area contributed by atoms with Crippen LogP contribution in [-0.2, 0) is 0 Å². The van der Waals surface area contributed by atoms with Gasteiger partial charge in [0, 0.05) is 16.9 Å². The minimum atomic E-state index is 0.430. The second-order valence-corrected chi connectivity index (χ2v) is 1.93. The number of allylic oxidation sites excluding steroid dienone is 3. The van der Waals surface area contributed by atoms with Crippen molar-refractivity contribution in [1.29, 1.82) is 0 Å². The van der Waals surface area contributed by atoms with Gasteiger partial charge in [-0.05, 0) is 12.2 Å². The Hall–Kier alpha value is -0.890. The third-order valence-electron chi connectivity index (χ3n) is 0.649. The van der Waals surface area contributed by atoms with Crippen molar-refractivity contribution < 1.29 is 0 Å². The molecule has 0 aliphatic carbocycles. The molecule has 0 heterocycles. The Morgan fingerprint density at radius 3 is 2.33 bits per heavy atom. The SMILES string of the molecule is C=C(Cl)/C=C\C(N)=C/N. The summed E-state index contributed by atoms with van der Waals surface area (Å²) in [6.45, 7) is 3.42. The standard InChI is InChI=1S/C6H9ClN2/c1-5(7)2-3-6(9)4-8/h2-4H,1,8-9H2/b3-2-,6-4+. The molecule has 3 heteroatoms. The average Bonchev–Trinajstić information content (AvgIpc) is 1.83. The van der Waals surface area contributed by atoms with E-state index in [-0.39, 0.29) is 0 Å². The predicted octanol–water partition coefficient (Wildman–Crippen LogP) is 1.05. The first kappa shape index (κ1) is 8.11. The molecule has 0 aliphatic heterocycles. The Kier molecular flexibility index (Phi) is 3.64. The van der Waals surface area contributed by atoms with Gasteiger partial charge in [0.1, 0.15) is 0 Å². The Morgan fingerprint density at radius 2 is 2.00 bits per heavy atom. The molecule has 0 aliphatic rings. The lowest BCUT2D eigenvalue weighted by Gasteiger charge is -1.86. The van der Waals surface area contributed by atoms with Crippen molar-refractivity contribution in [2.45, 2.75) is 0 Å². The quantitative estimate of drug-likeness (QED) is 0.570. The minimum absolute atomic E-state index is 0.430. The molecule has 0 radical (unpaired) electrons. The van der Waals surface area contributed by atoms with Crippen LogP contribution in [0, 0.1) is 0 Å². The van der Waals surface area contributed by atoms with Gasteiger partial charge in [0.2, 0.25) is 0 Å². The Balaban J connectivity index is 3.86. The van der Waals surface area contributed by atoms with Gasteiger partial charge in [0.15, 0.2) is 0 Å². The van der Waals surface area contributed by atoms with Crippen molar-refractivity contribution in [2.75, 3.05) is 0 Å². The highest BCUT2D eigenvalue weighted by Gasteiger charge is 1.78. The lowest BCUT2D eigenvalue weighted by molar-refractivity contribution is 1.37. The highest BCUT2D eigenvalue weighted by molar-refractivity contribution is 6.30. The van der Waals surface area contributed by atoms with E-state index in [0.717, 1.165) is 0 Å². The summed E-state index contributed by atoms with van der Waals surface area (Å²) in [7, 11) is 0. The third kappa shape index (κ3) is 4.97. The van der Waals surface area contributed by atoms with E-state index in [2.05, 4.69) is 6.58 Å². The summed E-state index contributed by atoms with van der Waals surface area (Å²) in [5.41, 5.74) is 10.8. The molecule has 0 fully saturated rings. The van der Waals surface area contributed by atoms with Crippen LogP contribution < -0.4 is 11.5 Å². The molecule has 0 unspecified atom stereocenters. The van der Waals surface area contributed by atoms with Gasteiger partial charge >= 0.3 is 0 Å². The monoisotopic (exact) mass is 144 g/mol. The zero-order valence-electron chi connectivity index (χ0n) is 4.97. The van der Waals surface area contributed by atoms with Crippen molar-refractivity contribution in [1.82, 2.24) is 0 Å². The van der Waals surface area contributed by atoms with Gasteiger partial charge in [0.25, 0.3) is 0 Å². The summed E-state index contributed by atoms with van der Waals surface area (Å²) in [4.78, 5) is 0. The number of nitrogens with two attached hydrogens (primary N) is 2. The summed E-state index contributed by atoms with van der Waals surface area (Å²) < 4.78 is 0. The van der Waals surface area contributed by atoms with Gasteiger partial charge < -0.3 is 11.5 Å². The maximum Gasteiger partial charge on any atom is 0.0472 e. The Bertz CT molecular complexity index is 158. The highest BCUT2D eigenvalue weighted by Crippen LogP contribution is 1.98. The van der Waals surface area contributed by atoms with Crippen LogP contribution in [0.25, 0.3) is 0 Å². The summed E-state index contributed by atoms with van der Waals surface area (Å²) in [5.74, 6) is 0. The van der Waals surface area contributed by atoms with Crippen LogP contribution >= 0.6 is 11.6 Å². The topological polar surface area (TPSA) is 52.0 Å². The summed E-state index contributed by atoms with van der Waals surface area (Å²) in [5, 5.41) is 0.430. The molecular formula is C6H9ClN2. The van der Waals surface area contributed by atoms with Crippen LogP contribution in [0.1, 0.15) is 0 Å². The van der Waals surface area contributed by atoms with Gasteiger partial charge in [0.05, 0.1) is 0 Å². The fourth-order valence-electron chi connectivity index (χ4n) is 0.242. The normalized spacial score (nSPS) is 12.3. The minimum Gasteiger partial charge on any atom is -0.403 e. The first-order valence-corrected chi connectivity index (χ1v) is 2.74. The molecule has 9 heavy (non-hydrogen) atoms. The van der Waals surface area contributed by atoms with Crippen LogP contribution in [-0.4, -0.2) is 0 Å². The van der Waals surface area contributed by atoms with E-state index >= 15 is 0 Å². The van der Waals surface area contributed by atoms with E-state index in [1.807, 2.05) is 0 Å². The Morgan fingerprint density at radius 1 is 1.44 bits per heavy atom. The molecule has 0 saturated carbocycles. The van der Waals surface area contributed by atoms with E-state index in [0.29, 0.717) is 10.7 Å². The summed E-state index contributed by atoms with van der Waals surface area (Å²) in [6, 6.07) is 0. The molecule has 0 aromatic rings. The zero-order chi connectivity index (χ0) is 7.28. The first-order chi connectivity index (χ1) is 4.16. The van der Waals surface area contributed by atoms with E-state index < -0.39 is 0 Å². The average molecular weight is 145 g/mol. The molecular weight excluding hydrogens is 136 g/mol. The molecule has 0 saturated heterocycles. The summed E-state index contributed by atoms with van der Waals surface area (Å²) in [6.07, 6.45) is 4.44. The van der Waals surface area contributed by atoms with Gasteiger partial charge in [-0.2, -0.15) is 0 Å². The van der Waals surface area contributed by atoms with E-state index in [4.69, 9.17) is 23.1 Å². The zero-order valence-corrected chi connectivity index (χ0v) is 5.73. The second-order valence-electron chi connectivity index (χ2n) is 1.45. The van der Waals surface area contributed by atoms with Crippen molar-refractivity contribution in [2.24, 2.45) is 11.5 Å². The second kappa shape index (κ2) is 4.04. The molecule has 0 rings (SSSR count). The summed E-state index contributed by atoms with van der Waals surface area (Å²) >= 11 is 5.37. The van der Waals surface area contributed by atoms with Crippen LogP contribution in [0.4, 0.5) is 0 Å². The number of rotatable bonds is 2. The number of hydrogen-bond acceptors (Lipinski definition) is 2. The molecule has 0 atom stereocenters. The molecule has 4 N–H and O–H groups in total. The molecule has 0 bridgehead atoms. The van der Waals surface area contributed by atoms with Crippen molar-refractivity contribution in [3.63, 3.8) is 0 Å². The lowest BCUT2D eigenvalue weighted by Crippen LogP contribution is -1.96. The fraction of sp³-hybridized carbons (Fsp3) is 0. The third-order valence-corrected chi connectivity index (χ3v) is 0.775. The molecule has 2 nitrogen and oxygen atoms in total. The maximum absolute atomic E-state index is 5.37. The maximum atomic E-state index is 5.37. The molecule has 0 aromatic carbocycles. The van der Waals surface area contributed by atoms with Crippen LogP contribution in [0.15, 0.2) is 35.7 Å². The van der Waals surface area contributed by atoms with Gasteiger partial charge in [-0.1, -0.05) is 18.2 Å². The molecule has 0 amide bonds. The fourth-order valence-corrected chi connectivity index (χ4v) is 0.305. The van der Waals surface area contributed by atoms with Gasteiger partial charge in [-0.3, -0.25) is 0 Å². The largest absolute Gasteiger partial charge is 0.403 e. The van der Waals surface area contributed by atoms with Crippen LogP contribution in [0.5, 0.6) is 0 Å². The van der Waals surface area contributed by atoms with Crippen LogP contribution in [0.2, 0.25) is 0 Å². The van der Waals surface area contributed by atoms with E-state index in [1.165, 1.54) is 6.20 Å². The van der Waals surface area contributed by atoms with Crippen LogP contribution in [0.3, 0.4) is 0 Å². The lowest BCUT2D eigenvalue weighted by atomic mass is 10.4. The first-order valence-electron chi connectivity index (χ1n) is 2.36. The predicted molar refractivity (Wildman–Crippen MR) is 40.6 cm³/mol. The molecule has 0 aromatic heterocycles. The molecule has 0 spiro atoms. The number of hydrogen-bond donors (Lipinski definition) is 2. The van der Waals surface area contributed by atoms with E-state index in [9.17, 15) is 0 Å². The smallest absolute Gasteiger partial charge is 0.0472 e. The number of halogens is 1. The van der Waals surface area contributed by atoms with Crippen molar-refractivity contribution in [3.05, 3.63) is 35.7 Å². The highest BCUT2D eigenvalue weighted by atomic mass is 35.5. The Labute approximate surface area is 59.5 Å². The van der Waals surface area contributed by atoms with Crippen molar-refractivity contribution >= 4 is 11.6 Å². The van der Waals surface area contributed by atoms with E-state index in [1.54, 1.807) is 12.2 Å². The van der Waals surface area contributed by atoms with Gasteiger partial charge in [-0.15, -0.1) is 0 Å². The molecule has 50 valence electrons. The van der Waals surface area contributed by atoms with Crippen molar-refractivity contribution in [3.8, 4) is 0 Å². The van der Waals surface area contributed by atoms with Gasteiger partial charge in [-0.25, -0.2) is 0 Å².